The third-order valence-electron chi connectivity index (χ3n) is 6.64. The summed E-state index contributed by atoms with van der Waals surface area (Å²) < 4.78 is 43.9. The van der Waals surface area contributed by atoms with Crippen LogP contribution in [0.4, 0.5) is 18.9 Å². The number of ether oxygens (including phenoxy) is 1. The summed E-state index contributed by atoms with van der Waals surface area (Å²) in [7, 11) is 0. The molecule has 2 aliphatic carbocycles. The van der Waals surface area contributed by atoms with Crippen LogP contribution < -0.4 is 10.6 Å². The van der Waals surface area contributed by atoms with Crippen molar-refractivity contribution in [2.45, 2.75) is 44.8 Å². The molecule has 5 atom stereocenters. The van der Waals surface area contributed by atoms with Crippen LogP contribution >= 0.6 is 0 Å². The van der Waals surface area contributed by atoms with Crippen LogP contribution in [-0.4, -0.2) is 31.1 Å². The fraction of sp³-hybridized carbons (Fsp3) is 0.619. The smallest absolute Gasteiger partial charge is 0.381 e. The van der Waals surface area contributed by atoms with Gasteiger partial charge < -0.3 is 15.4 Å². The molecule has 1 saturated heterocycles. The Balaban J connectivity index is 1.47. The van der Waals surface area contributed by atoms with Crippen LogP contribution in [0.1, 0.15) is 36.8 Å². The zero-order valence-electron chi connectivity index (χ0n) is 16.2. The van der Waals surface area contributed by atoms with Gasteiger partial charge in [-0.15, -0.1) is 0 Å². The first-order chi connectivity index (χ1) is 13.7. The zero-order chi connectivity index (χ0) is 20.8. The maximum atomic E-state index is 13.0. The van der Waals surface area contributed by atoms with Gasteiger partial charge in [0.05, 0.1) is 24.0 Å². The predicted molar refractivity (Wildman–Crippen MR) is 100.0 cm³/mol. The van der Waals surface area contributed by atoms with Crippen molar-refractivity contribution >= 4 is 17.5 Å². The fourth-order valence-corrected chi connectivity index (χ4v) is 5.10. The van der Waals surface area contributed by atoms with Gasteiger partial charge in [-0.05, 0) is 68.2 Å². The number of hydrogen-bond acceptors (Lipinski definition) is 3. The summed E-state index contributed by atoms with van der Waals surface area (Å²) in [5.74, 6) is -0.357. The molecule has 3 fully saturated rings. The number of benzene rings is 1. The molecule has 158 valence electrons. The number of nitrogens with one attached hydrogen (secondary N) is 2. The van der Waals surface area contributed by atoms with Gasteiger partial charge in [0.25, 0.3) is 0 Å². The molecule has 0 spiro atoms. The number of rotatable bonds is 4. The number of aryl methyl sites for hydroxylation is 1. The molecule has 0 radical (unpaired) electrons. The maximum Gasteiger partial charge on any atom is 0.416 e. The normalized spacial score (nSPS) is 31.1. The molecule has 1 heterocycles. The average Bonchev–Trinajstić information content (AvgIpc) is 3.39. The summed E-state index contributed by atoms with van der Waals surface area (Å²) in [6.45, 7) is 2.53. The molecule has 4 rings (SSSR count). The number of fused-ring (bicyclic) bond motifs is 2. The molecule has 0 unspecified atom stereocenters. The second-order valence-electron chi connectivity index (χ2n) is 8.47. The fourth-order valence-electron chi connectivity index (χ4n) is 5.10. The van der Waals surface area contributed by atoms with Crippen molar-refractivity contribution in [2.24, 2.45) is 23.7 Å². The van der Waals surface area contributed by atoms with Crippen LogP contribution in [0.25, 0.3) is 0 Å². The third-order valence-corrected chi connectivity index (χ3v) is 6.64. The van der Waals surface area contributed by atoms with E-state index < -0.39 is 11.7 Å². The van der Waals surface area contributed by atoms with Crippen molar-refractivity contribution in [2.75, 3.05) is 18.5 Å². The Kier molecular flexibility index (Phi) is 5.31. The van der Waals surface area contributed by atoms with E-state index in [1.165, 1.54) is 6.07 Å². The number of carbonyl (C=O) groups excluding carboxylic acids is 2. The van der Waals surface area contributed by atoms with Crippen molar-refractivity contribution in [3.05, 3.63) is 29.3 Å². The number of alkyl halides is 3. The molecule has 2 N–H and O–H groups in total. The molecule has 3 aliphatic rings. The molecule has 29 heavy (non-hydrogen) atoms. The van der Waals surface area contributed by atoms with Gasteiger partial charge in [-0.3, -0.25) is 9.59 Å². The van der Waals surface area contributed by atoms with Gasteiger partial charge in [0.2, 0.25) is 11.8 Å². The summed E-state index contributed by atoms with van der Waals surface area (Å²) in [6, 6.07) is 3.09. The number of anilines is 1. The highest BCUT2D eigenvalue weighted by Crippen LogP contribution is 2.49. The SMILES string of the molecule is Cc1cc(C(F)(F)F)ccc1NC(=O)[C@H]1[C@H]2CC[C@H](C2)[C@H]1NC(=O)[C@H]1CCOC1. The van der Waals surface area contributed by atoms with Crippen LogP contribution in [0.5, 0.6) is 0 Å². The molecule has 1 aromatic carbocycles. The molecule has 5 nitrogen and oxygen atoms in total. The van der Waals surface area contributed by atoms with E-state index in [2.05, 4.69) is 10.6 Å². The van der Waals surface area contributed by atoms with Crippen molar-refractivity contribution < 1.29 is 27.5 Å². The lowest BCUT2D eigenvalue weighted by Crippen LogP contribution is -2.50. The lowest BCUT2D eigenvalue weighted by molar-refractivity contribution is -0.137. The summed E-state index contributed by atoms with van der Waals surface area (Å²) in [5, 5.41) is 5.89. The summed E-state index contributed by atoms with van der Waals surface area (Å²) in [5.41, 5.74) is -0.00286. The molecule has 2 bridgehead atoms. The third kappa shape index (κ3) is 3.99. The van der Waals surface area contributed by atoms with E-state index in [1.54, 1.807) is 6.92 Å². The van der Waals surface area contributed by atoms with E-state index >= 15 is 0 Å². The van der Waals surface area contributed by atoms with Crippen molar-refractivity contribution in [1.29, 1.82) is 0 Å². The van der Waals surface area contributed by atoms with Gasteiger partial charge in [0, 0.05) is 18.3 Å². The first-order valence-corrected chi connectivity index (χ1v) is 10.1. The topological polar surface area (TPSA) is 67.4 Å². The Bertz CT molecular complexity index is 805. The van der Waals surface area contributed by atoms with Crippen molar-refractivity contribution in [3.8, 4) is 0 Å². The van der Waals surface area contributed by atoms with Crippen LogP contribution in [-0.2, 0) is 20.5 Å². The van der Waals surface area contributed by atoms with Gasteiger partial charge in [0.15, 0.2) is 0 Å². The van der Waals surface area contributed by atoms with E-state index in [0.717, 1.165) is 31.4 Å². The molecular weight excluding hydrogens is 385 g/mol. The predicted octanol–water partition coefficient (Wildman–Crippen LogP) is 3.52. The second kappa shape index (κ2) is 7.63. The van der Waals surface area contributed by atoms with Gasteiger partial charge in [0.1, 0.15) is 0 Å². The Morgan fingerprint density at radius 1 is 1.10 bits per heavy atom. The average molecular weight is 410 g/mol. The van der Waals surface area contributed by atoms with Crippen molar-refractivity contribution in [3.63, 3.8) is 0 Å². The number of amides is 2. The molecule has 1 aliphatic heterocycles. The Morgan fingerprint density at radius 2 is 1.86 bits per heavy atom. The Hall–Kier alpha value is -2.09. The quantitative estimate of drug-likeness (QED) is 0.798. The molecule has 2 saturated carbocycles. The van der Waals surface area contributed by atoms with E-state index in [4.69, 9.17) is 4.74 Å². The minimum absolute atomic E-state index is 0.0661. The first kappa shape index (κ1) is 20.2. The number of hydrogen-bond donors (Lipinski definition) is 2. The summed E-state index contributed by atoms with van der Waals surface area (Å²) in [4.78, 5) is 25.6. The highest BCUT2D eigenvalue weighted by atomic mass is 19.4. The first-order valence-electron chi connectivity index (χ1n) is 10.1. The van der Waals surface area contributed by atoms with E-state index in [-0.39, 0.29) is 41.5 Å². The van der Waals surface area contributed by atoms with Gasteiger partial charge in [-0.2, -0.15) is 13.2 Å². The Labute approximate surface area is 167 Å². The molecule has 1 aromatic rings. The standard InChI is InChI=1S/C21H25F3N2O3/c1-11-8-15(21(22,23)24)4-5-16(11)25-20(28)17-12-2-3-13(9-12)18(17)26-19(27)14-6-7-29-10-14/h4-5,8,12-14,17-18H,2-3,6-7,9-10H2,1H3,(H,25,28)(H,26,27)/t12-,13+,14-,17-,18+/m0/s1. The van der Waals surface area contributed by atoms with Crippen LogP contribution in [0.2, 0.25) is 0 Å². The minimum atomic E-state index is -4.42. The van der Waals surface area contributed by atoms with Crippen LogP contribution in [0, 0.1) is 30.6 Å². The summed E-state index contributed by atoms with van der Waals surface area (Å²) in [6.07, 6.45) is -0.908. The number of halogens is 3. The van der Waals surface area contributed by atoms with Crippen molar-refractivity contribution in [1.82, 2.24) is 5.32 Å². The van der Waals surface area contributed by atoms with Crippen LogP contribution in [0.15, 0.2) is 18.2 Å². The highest BCUT2D eigenvalue weighted by Gasteiger charge is 2.51. The van der Waals surface area contributed by atoms with Gasteiger partial charge in [-0.1, -0.05) is 0 Å². The Morgan fingerprint density at radius 3 is 2.52 bits per heavy atom. The number of carbonyl (C=O) groups is 2. The monoisotopic (exact) mass is 410 g/mol. The van der Waals surface area contributed by atoms with E-state index in [0.29, 0.717) is 30.9 Å². The lowest BCUT2D eigenvalue weighted by atomic mass is 9.83. The van der Waals surface area contributed by atoms with E-state index in [1.807, 2.05) is 0 Å². The molecular formula is C21H25F3N2O3. The largest absolute Gasteiger partial charge is 0.416 e. The highest BCUT2D eigenvalue weighted by molar-refractivity contribution is 5.95. The van der Waals surface area contributed by atoms with Gasteiger partial charge >= 0.3 is 6.18 Å². The van der Waals surface area contributed by atoms with E-state index in [9.17, 15) is 22.8 Å². The molecule has 0 aromatic heterocycles. The molecule has 2 amide bonds. The zero-order valence-corrected chi connectivity index (χ0v) is 16.2. The lowest BCUT2D eigenvalue weighted by Gasteiger charge is -2.31. The van der Waals surface area contributed by atoms with Gasteiger partial charge in [-0.25, -0.2) is 0 Å². The summed E-state index contributed by atoms with van der Waals surface area (Å²) >= 11 is 0. The van der Waals surface area contributed by atoms with Crippen LogP contribution in [0.3, 0.4) is 0 Å². The second-order valence-corrected chi connectivity index (χ2v) is 8.47. The molecule has 8 heteroatoms. The minimum Gasteiger partial charge on any atom is -0.381 e. The maximum absolute atomic E-state index is 13.0.